The van der Waals surface area contributed by atoms with E-state index in [-0.39, 0.29) is 17.4 Å². The van der Waals surface area contributed by atoms with Gasteiger partial charge in [-0.05, 0) is 50.7 Å². The van der Waals surface area contributed by atoms with Crippen molar-refractivity contribution in [3.63, 3.8) is 0 Å². The Bertz CT molecular complexity index is 384. The van der Waals surface area contributed by atoms with Crippen LogP contribution in [0.2, 0.25) is 0 Å². The molecule has 0 aliphatic carbocycles. The van der Waals surface area contributed by atoms with E-state index >= 15 is 0 Å². The van der Waals surface area contributed by atoms with Crippen molar-refractivity contribution in [2.45, 2.75) is 0 Å². The molecular formula is C8H6BrClFIN2. The van der Waals surface area contributed by atoms with Crippen LogP contribution < -0.4 is 5.73 Å². The number of alkyl halides is 1. The molecule has 0 aromatic heterocycles. The SMILES string of the molecule is NC(CCl)=Nc1c(I)ccc(Br)c1F. The van der Waals surface area contributed by atoms with Gasteiger partial charge in [0, 0.05) is 3.57 Å². The van der Waals surface area contributed by atoms with Crippen LogP contribution in [0, 0.1) is 9.39 Å². The Hall–Kier alpha value is 0.120. The Morgan fingerprint density at radius 2 is 2.29 bits per heavy atom. The predicted molar refractivity (Wildman–Crippen MR) is 68.8 cm³/mol. The lowest BCUT2D eigenvalue weighted by molar-refractivity contribution is 0.622. The summed E-state index contributed by atoms with van der Waals surface area (Å²) in [6.07, 6.45) is 0. The summed E-state index contributed by atoms with van der Waals surface area (Å²) in [5.74, 6) is -0.145. The van der Waals surface area contributed by atoms with E-state index < -0.39 is 5.82 Å². The smallest absolute Gasteiger partial charge is 0.164 e. The standard InChI is InChI=1S/C8H6BrClFIN2/c9-4-1-2-5(12)8(7(4)11)14-6(13)3-10/h1-2H,3H2,(H2,13,14). The van der Waals surface area contributed by atoms with Crippen molar-refractivity contribution < 1.29 is 4.39 Å². The molecule has 0 aliphatic heterocycles. The second-order valence-corrected chi connectivity index (χ2v) is 4.71. The highest BCUT2D eigenvalue weighted by molar-refractivity contribution is 14.1. The number of hydrogen-bond acceptors (Lipinski definition) is 1. The number of benzene rings is 1. The molecule has 0 saturated heterocycles. The van der Waals surface area contributed by atoms with Gasteiger partial charge >= 0.3 is 0 Å². The van der Waals surface area contributed by atoms with Crippen molar-refractivity contribution in [3.8, 4) is 0 Å². The minimum Gasteiger partial charge on any atom is -0.386 e. The molecule has 2 nitrogen and oxygen atoms in total. The maximum absolute atomic E-state index is 13.5. The molecule has 1 aromatic rings. The van der Waals surface area contributed by atoms with Gasteiger partial charge < -0.3 is 5.73 Å². The van der Waals surface area contributed by atoms with Crippen LogP contribution in [0.4, 0.5) is 10.1 Å². The van der Waals surface area contributed by atoms with Crippen LogP contribution in [0.25, 0.3) is 0 Å². The Balaban J connectivity index is 3.26. The van der Waals surface area contributed by atoms with Gasteiger partial charge in [0.25, 0.3) is 0 Å². The van der Waals surface area contributed by atoms with Crippen molar-refractivity contribution in [2.75, 3.05) is 5.88 Å². The first-order valence-corrected chi connectivity index (χ1v) is 5.99. The summed E-state index contributed by atoms with van der Waals surface area (Å²) in [6.45, 7) is 0. The first-order chi connectivity index (χ1) is 6.56. The van der Waals surface area contributed by atoms with Crippen LogP contribution >= 0.6 is 50.1 Å². The summed E-state index contributed by atoms with van der Waals surface area (Å²) in [6, 6.07) is 3.36. The van der Waals surface area contributed by atoms with E-state index in [1.54, 1.807) is 12.1 Å². The van der Waals surface area contributed by atoms with Gasteiger partial charge in [0.2, 0.25) is 0 Å². The second kappa shape index (κ2) is 5.27. The van der Waals surface area contributed by atoms with Crippen LogP contribution in [-0.2, 0) is 0 Å². The highest BCUT2D eigenvalue weighted by Crippen LogP contribution is 2.30. The molecule has 6 heteroatoms. The number of nitrogens with two attached hydrogens (primary N) is 1. The molecule has 0 aliphatic rings. The van der Waals surface area contributed by atoms with Crippen molar-refractivity contribution in [3.05, 3.63) is 26.0 Å². The van der Waals surface area contributed by atoms with Gasteiger partial charge in [0.05, 0.1) is 10.4 Å². The molecule has 76 valence electrons. The Kier molecular flexibility index (Phi) is 4.59. The fourth-order valence-electron chi connectivity index (χ4n) is 0.792. The molecule has 0 bridgehead atoms. The minimum absolute atomic E-state index is 0.0854. The zero-order valence-corrected chi connectivity index (χ0v) is 11.4. The Morgan fingerprint density at radius 3 is 2.86 bits per heavy atom. The number of nitrogens with zero attached hydrogens (tertiary/aromatic N) is 1. The zero-order valence-electron chi connectivity index (χ0n) is 6.90. The minimum atomic E-state index is -0.426. The van der Waals surface area contributed by atoms with Crippen molar-refractivity contribution in [2.24, 2.45) is 10.7 Å². The molecule has 0 atom stereocenters. The summed E-state index contributed by atoms with van der Waals surface area (Å²) in [5, 5.41) is 0. The number of hydrogen-bond donors (Lipinski definition) is 1. The molecule has 0 heterocycles. The van der Waals surface area contributed by atoms with Crippen LogP contribution in [0.15, 0.2) is 21.6 Å². The van der Waals surface area contributed by atoms with Gasteiger partial charge in [0.1, 0.15) is 11.5 Å². The molecule has 0 spiro atoms. The number of amidine groups is 1. The normalized spacial score (nSPS) is 11.9. The third-order valence-corrected chi connectivity index (χ3v) is 3.17. The molecule has 2 N–H and O–H groups in total. The molecular weight excluding hydrogens is 385 g/mol. The zero-order chi connectivity index (χ0) is 10.7. The van der Waals surface area contributed by atoms with Crippen molar-refractivity contribution in [1.82, 2.24) is 0 Å². The quantitative estimate of drug-likeness (QED) is 0.271. The van der Waals surface area contributed by atoms with Gasteiger partial charge in [-0.2, -0.15) is 0 Å². The second-order valence-electron chi connectivity index (χ2n) is 2.43. The van der Waals surface area contributed by atoms with Gasteiger partial charge in [-0.15, -0.1) is 11.6 Å². The van der Waals surface area contributed by atoms with E-state index in [4.69, 9.17) is 17.3 Å². The molecule has 0 radical (unpaired) electrons. The predicted octanol–water partition coefficient (Wildman–Crippen LogP) is 3.42. The average Bonchev–Trinajstić information content (AvgIpc) is 2.18. The fourth-order valence-corrected chi connectivity index (χ4v) is 1.71. The molecule has 1 rings (SSSR count). The maximum atomic E-state index is 13.5. The Labute approximate surface area is 108 Å². The van der Waals surface area contributed by atoms with Crippen LogP contribution in [0.3, 0.4) is 0 Å². The third kappa shape index (κ3) is 2.80. The van der Waals surface area contributed by atoms with E-state index in [9.17, 15) is 4.39 Å². The summed E-state index contributed by atoms with van der Waals surface area (Å²) < 4.78 is 14.6. The molecule has 14 heavy (non-hydrogen) atoms. The highest BCUT2D eigenvalue weighted by atomic mass is 127. The summed E-state index contributed by atoms with van der Waals surface area (Å²) in [7, 11) is 0. The van der Waals surface area contributed by atoms with E-state index in [1.165, 1.54) is 0 Å². The van der Waals surface area contributed by atoms with Crippen molar-refractivity contribution >= 4 is 61.6 Å². The lowest BCUT2D eigenvalue weighted by atomic mass is 10.3. The van der Waals surface area contributed by atoms with Crippen LogP contribution in [0.1, 0.15) is 0 Å². The van der Waals surface area contributed by atoms with Crippen LogP contribution in [0.5, 0.6) is 0 Å². The van der Waals surface area contributed by atoms with Crippen LogP contribution in [-0.4, -0.2) is 11.7 Å². The molecule has 0 fully saturated rings. The lowest BCUT2D eigenvalue weighted by Crippen LogP contribution is -2.12. The molecule has 0 amide bonds. The Morgan fingerprint density at radius 1 is 1.64 bits per heavy atom. The van der Waals surface area contributed by atoms with Gasteiger partial charge in [-0.3, -0.25) is 0 Å². The molecule has 1 aromatic carbocycles. The highest BCUT2D eigenvalue weighted by Gasteiger charge is 2.09. The summed E-state index contributed by atoms with van der Waals surface area (Å²) in [5.41, 5.74) is 5.65. The number of rotatable bonds is 2. The summed E-state index contributed by atoms with van der Waals surface area (Å²) >= 11 is 10.5. The summed E-state index contributed by atoms with van der Waals surface area (Å²) in [4.78, 5) is 3.89. The maximum Gasteiger partial charge on any atom is 0.164 e. The fraction of sp³-hybridized carbons (Fsp3) is 0.125. The molecule has 0 unspecified atom stereocenters. The van der Waals surface area contributed by atoms with Gasteiger partial charge in [0.15, 0.2) is 5.82 Å². The van der Waals surface area contributed by atoms with Gasteiger partial charge in [-0.25, -0.2) is 9.38 Å². The first kappa shape index (κ1) is 12.2. The largest absolute Gasteiger partial charge is 0.386 e. The number of halogens is 4. The van der Waals surface area contributed by atoms with Crippen molar-refractivity contribution in [1.29, 1.82) is 0 Å². The van der Waals surface area contributed by atoms with E-state index in [0.29, 0.717) is 8.04 Å². The lowest BCUT2D eigenvalue weighted by Gasteiger charge is -2.03. The number of aliphatic imine (C=N–C) groups is 1. The van der Waals surface area contributed by atoms with E-state index in [1.807, 2.05) is 22.6 Å². The average molecular weight is 391 g/mol. The van der Waals surface area contributed by atoms with Gasteiger partial charge in [-0.1, -0.05) is 0 Å². The third-order valence-electron chi connectivity index (χ3n) is 1.41. The van der Waals surface area contributed by atoms with E-state index in [0.717, 1.165) is 0 Å². The molecule has 0 saturated carbocycles. The van der Waals surface area contributed by atoms with E-state index in [2.05, 4.69) is 20.9 Å². The first-order valence-electron chi connectivity index (χ1n) is 3.58. The monoisotopic (exact) mass is 390 g/mol. The topological polar surface area (TPSA) is 38.4 Å².